The van der Waals surface area contributed by atoms with Crippen LogP contribution in [-0.4, -0.2) is 46.0 Å². The molecule has 0 bridgehead atoms. The minimum atomic E-state index is -0.889. The van der Waals surface area contributed by atoms with E-state index >= 15 is 0 Å². The van der Waals surface area contributed by atoms with Gasteiger partial charge in [-0.2, -0.15) is 0 Å². The zero-order valence-corrected chi connectivity index (χ0v) is 11.6. The van der Waals surface area contributed by atoms with E-state index in [1.165, 1.54) is 0 Å². The number of carbonyl (C=O) groups is 2. The van der Waals surface area contributed by atoms with Gasteiger partial charge in [0.05, 0.1) is 19.2 Å². The molecule has 1 saturated carbocycles. The smallest absolute Gasteiger partial charge is 0.320 e. The van der Waals surface area contributed by atoms with E-state index in [0.717, 1.165) is 18.6 Å². The molecular weight excluding hydrogens is 260 g/mol. The van der Waals surface area contributed by atoms with Crippen LogP contribution in [0.4, 0.5) is 4.79 Å². The average Bonchev–Trinajstić information content (AvgIpc) is 3.13. The summed E-state index contributed by atoms with van der Waals surface area (Å²) in [7, 11) is 0. The fourth-order valence-electron chi connectivity index (χ4n) is 2.11. The Hall–Kier alpha value is -1.98. The van der Waals surface area contributed by atoms with E-state index in [1.54, 1.807) is 22.1 Å². The van der Waals surface area contributed by atoms with Gasteiger partial charge in [-0.25, -0.2) is 4.79 Å². The lowest BCUT2D eigenvalue weighted by Crippen LogP contribution is -2.44. The summed E-state index contributed by atoms with van der Waals surface area (Å²) >= 11 is 0. The Morgan fingerprint density at radius 3 is 2.70 bits per heavy atom. The van der Waals surface area contributed by atoms with Crippen LogP contribution in [0.25, 0.3) is 0 Å². The number of urea groups is 1. The lowest BCUT2D eigenvalue weighted by Gasteiger charge is -2.29. The van der Waals surface area contributed by atoms with Gasteiger partial charge in [0.1, 0.15) is 5.76 Å². The third-order valence-electron chi connectivity index (χ3n) is 3.39. The van der Waals surface area contributed by atoms with Crippen molar-refractivity contribution in [2.75, 3.05) is 13.1 Å². The second-order valence-corrected chi connectivity index (χ2v) is 4.94. The molecule has 1 aliphatic rings. The van der Waals surface area contributed by atoms with Gasteiger partial charge in [0.15, 0.2) is 0 Å². The topological polar surface area (TPSA) is 74.0 Å². The van der Waals surface area contributed by atoms with Crippen molar-refractivity contribution in [3.63, 3.8) is 0 Å². The summed E-state index contributed by atoms with van der Waals surface area (Å²) in [6.07, 6.45) is 3.57. The molecular formula is C14H20N2O4. The highest BCUT2D eigenvalue weighted by atomic mass is 16.4. The van der Waals surface area contributed by atoms with Crippen molar-refractivity contribution in [1.82, 2.24) is 9.80 Å². The van der Waals surface area contributed by atoms with Crippen LogP contribution < -0.4 is 0 Å². The largest absolute Gasteiger partial charge is 0.481 e. The first kappa shape index (κ1) is 14.4. The molecule has 2 amide bonds. The molecule has 0 aliphatic heterocycles. The molecule has 1 aromatic rings. The van der Waals surface area contributed by atoms with Gasteiger partial charge in [0.2, 0.25) is 0 Å². The van der Waals surface area contributed by atoms with Gasteiger partial charge in [0.25, 0.3) is 0 Å². The van der Waals surface area contributed by atoms with E-state index in [4.69, 9.17) is 9.52 Å². The Kier molecular flexibility index (Phi) is 4.65. The van der Waals surface area contributed by atoms with Gasteiger partial charge in [-0.3, -0.25) is 4.79 Å². The van der Waals surface area contributed by atoms with Crippen LogP contribution in [0.1, 0.15) is 31.9 Å². The van der Waals surface area contributed by atoms with Crippen LogP contribution in [0.3, 0.4) is 0 Å². The molecule has 110 valence electrons. The predicted octanol–water partition coefficient (Wildman–Crippen LogP) is 2.16. The Labute approximate surface area is 118 Å². The van der Waals surface area contributed by atoms with Crippen LogP contribution >= 0.6 is 0 Å². The second kappa shape index (κ2) is 6.45. The molecule has 0 spiro atoms. The van der Waals surface area contributed by atoms with Crippen molar-refractivity contribution in [3.8, 4) is 0 Å². The maximum atomic E-state index is 12.5. The molecule has 6 heteroatoms. The monoisotopic (exact) mass is 280 g/mol. The van der Waals surface area contributed by atoms with E-state index in [9.17, 15) is 9.59 Å². The van der Waals surface area contributed by atoms with Gasteiger partial charge in [0, 0.05) is 19.1 Å². The number of hydrogen-bond acceptors (Lipinski definition) is 3. The lowest BCUT2D eigenvalue weighted by atomic mass is 10.3. The molecule has 2 rings (SSSR count). The summed E-state index contributed by atoms with van der Waals surface area (Å²) in [5.41, 5.74) is 0. The van der Waals surface area contributed by atoms with Crippen molar-refractivity contribution < 1.29 is 19.1 Å². The Bertz CT molecular complexity index is 454. The molecule has 6 nitrogen and oxygen atoms in total. The number of aliphatic carboxylic acids is 1. The molecule has 0 radical (unpaired) electrons. The number of furan rings is 1. The molecule has 1 heterocycles. The van der Waals surface area contributed by atoms with E-state index < -0.39 is 5.97 Å². The molecule has 1 fully saturated rings. The summed E-state index contributed by atoms with van der Waals surface area (Å²) in [5, 5.41) is 8.74. The number of nitrogens with zero attached hydrogens (tertiary/aromatic N) is 2. The second-order valence-electron chi connectivity index (χ2n) is 4.94. The first-order chi connectivity index (χ1) is 9.61. The molecule has 20 heavy (non-hydrogen) atoms. The molecule has 0 aromatic carbocycles. The number of hydrogen-bond donors (Lipinski definition) is 1. The highest BCUT2D eigenvalue weighted by Gasteiger charge is 2.35. The Morgan fingerprint density at radius 1 is 1.45 bits per heavy atom. The van der Waals surface area contributed by atoms with Crippen molar-refractivity contribution in [1.29, 1.82) is 0 Å². The highest BCUT2D eigenvalue weighted by Crippen LogP contribution is 2.29. The molecule has 0 saturated heterocycles. The summed E-state index contributed by atoms with van der Waals surface area (Å²) in [4.78, 5) is 26.5. The average molecular weight is 280 g/mol. The van der Waals surface area contributed by atoms with E-state index in [1.807, 2.05) is 13.0 Å². The Morgan fingerprint density at radius 2 is 2.20 bits per heavy atom. The number of carboxylic acid groups (broad SMARTS) is 1. The van der Waals surface area contributed by atoms with Crippen molar-refractivity contribution in [2.24, 2.45) is 0 Å². The van der Waals surface area contributed by atoms with Gasteiger partial charge in [-0.05, 0) is 31.9 Å². The zero-order chi connectivity index (χ0) is 14.5. The van der Waals surface area contributed by atoms with Crippen LogP contribution in [0, 0.1) is 0 Å². The van der Waals surface area contributed by atoms with Crippen LogP contribution in [0.15, 0.2) is 22.8 Å². The molecule has 1 aromatic heterocycles. The Balaban J connectivity index is 1.99. The third kappa shape index (κ3) is 3.76. The van der Waals surface area contributed by atoms with Crippen LogP contribution in [-0.2, 0) is 11.3 Å². The van der Waals surface area contributed by atoms with E-state index in [0.29, 0.717) is 13.1 Å². The van der Waals surface area contributed by atoms with Crippen molar-refractivity contribution in [2.45, 2.75) is 38.8 Å². The van der Waals surface area contributed by atoms with E-state index in [-0.39, 0.29) is 25.0 Å². The first-order valence-corrected chi connectivity index (χ1v) is 6.91. The number of amides is 2. The third-order valence-corrected chi connectivity index (χ3v) is 3.39. The van der Waals surface area contributed by atoms with Gasteiger partial charge in [-0.1, -0.05) is 0 Å². The first-order valence-electron chi connectivity index (χ1n) is 6.91. The SMILES string of the molecule is CCN(CCC(=O)O)C(=O)N(Cc1ccco1)C1CC1. The maximum Gasteiger partial charge on any atom is 0.320 e. The van der Waals surface area contributed by atoms with Gasteiger partial charge < -0.3 is 19.3 Å². The summed E-state index contributed by atoms with van der Waals surface area (Å²) in [6.45, 7) is 3.05. The highest BCUT2D eigenvalue weighted by molar-refractivity contribution is 5.76. The predicted molar refractivity (Wildman–Crippen MR) is 72.2 cm³/mol. The molecule has 0 unspecified atom stereocenters. The number of carboxylic acids is 1. The standard InChI is InChI=1S/C14H20N2O4/c1-2-15(8-7-13(17)18)14(19)16(11-5-6-11)10-12-4-3-9-20-12/h3-4,9,11H,2,5-8,10H2,1H3,(H,17,18). The lowest BCUT2D eigenvalue weighted by molar-refractivity contribution is -0.137. The van der Waals surface area contributed by atoms with Gasteiger partial charge in [-0.15, -0.1) is 0 Å². The van der Waals surface area contributed by atoms with Crippen LogP contribution in [0.5, 0.6) is 0 Å². The molecule has 0 atom stereocenters. The number of rotatable bonds is 7. The fourth-order valence-corrected chi connectivity index (χ4v) is 2.11. The maximum absolute atomic E-state index is 12.5. The van der Waals surface area contributed by atoms with Gasteiger partial charge >= 0.3 is 12.0 Å². The summed E-state index contributed by atoms with van der Waals surface area (Å²) in [6, 6.07) is 3.79. The van der Waals surface area contributed by atoms with Crippen LogP contribution in [0.2, 0.25) is 0 Å². The molecule has 1 N–H and O–H groups in total. The zero-order valence-electron chi connectivity index (χ0n) is 11.6. The molecule has 1 aliphatic carbocycles. The summed E-state index contributed by atoms with van der Waals surface area (Å²) < 4.78 is 5.30. The minimum absolute atomic E-state index is 0.0289. The van der Waals surface area contributed by atoms with Crippen molar-refractivity contribution in [3.05, 3.63) is 24.2 Å². The quantitative estimate of drug-likeness (QED) is 0.830. The number of carbonyl (C=O) groups excluding carboxylic acids is 1. The van der Waals surface area contributed by atoms with Crippen molar-refractivity contribution >= 4 is 12.0 Å². The minimum Gasteiger partial charge on any atom is -0.481 e. The fraction of sp³-hybridized carbons (Fsp3) is 0.571. The van der Waals surface area contributed by atoms with E-state index in [2.05, 4.69) is 0 Å². The summed E-state index contributed by atoms with van der Waals surface area (Å²) in [5.74, 6) is -0.139. The normalized spacial score (nSPS) is 14.1.